The Bertz CT molecular complexity index is 681. The normalized spacial score (nSPS) is 10.8. The molecule has 0 saturated heterocycles. The number of benzene rings is 3. The van der Waals surface area contributed by atoms with E-state index in [4.69, 9.17) is 0 Å². The van der Waals surface area contributed by atoms with Gasteiger partial charge in [-0.15, -0.1) is 0 Å². The van der Waals surface area contributed by atoms with E-state index in [1.165, 1.54) is 27.5 Å². The average Bonchev–Trinajstić information content (AvgIpc) is 2.49. The molecule has 0 heterocycles. The summed E-state index contributed by atoms with van der Waals surface area (Å²) in [4.78, 5) is 0. The molecule has 0 spiro atoms. The van der Waals surface area contributed by atoms with E-state index in [-0.39, 0.29) is 0 Å². The van der Waals surface area contributed by atoms with Crippen molar-refractivity contribution in [1.82, 2.24) is 0 Å². The zero-order valence-corrected chi connectivity index (χ0v) is 11.1. The van der Waals surface area contributed by atoms with Crippen molar-refractivity contribution < 1.29 is 0 Å². The number of rotatable bonds is 3. The lowest BCUT2D eigenvalue weighted by atomic mass is 9.92. The second kappa shape index (κ2) is 5.27. The molecule has 1 radical (unpaired) electrons. The Morgan fingerprint density at radius 2 is 1.53 bits per heavy atom. The first-order chi connectivity index (χ1) is 9.40. The van der Waals surface area contributed by atoms with E-state index >= 15 is 0 Å². The lowest BCUT2D eigenvalue weighted by molar-refractivity contribution is 1.13. The molecule has 0 nitrogen and oxygen atoms in total. The first-order valence-electron chi connectivity index (χ1n) is 6.80. The number of fused-ring (bicyclic) bond motifs is 1. The highest BCUT2D eigenvalue weighted by Gasteiger charge is 2.08. The molecule has 0 heteroatoms. The molecule has 3 aromatic carbocycles. The van der Waals surface area contributed by atoms with Crippen molar-refractivity contribution in [3.05, 3.63) is 78.7 Å². The second-order valence-electron chi connectivity index (χ2n) is 4.73. The predicted molar refractivity (Wildman–Crippen MR) is 83.1 cm³/mol. The maximum absolute atomic E-state index is 2.32. The van der Waals surface area contributed by atoms with E-state index in [0.717, 1.165) is 6.42 Å². The van der Waals surface area contributed by atoms with Crippen molar-refractivity contribution in [2.75, 3.05) is 0 Å². The molecule has 3 rings (SSSR count). The monoisotopic (exact) mass is 245 g/mol. The zero-order valence-electron chi connectivity index (χ0n) is 11.1. The van der Waals surface area contributed by atoms with Gasteiger partial charge in [0.15, 0.2) is 0 Å². The van der Waals surface area contributed by atoms with Crippen molar-refractivity contribution in [2.45, 2.75) is 13.3 Å². The maximum Gasteiger partial charge on any atom is -0.00831 e. The van der Waals surface area contributed by atoms with Crippen LogP contribution >= 0.6 is 0 Å². The van der Waals surface area contributed by atoms with Crippen LogP contribution in [0.25, 0.3) is 21.9 Å². The Balaban J connectivity index is 2.27. The SMILES string of the molecule is CC[CH]c1c(-c2ccccc2)ccc2ccccc12. The van der Waals surface area contributed by atoms with Crippen LogP contribution in [0.3, 0.4) is 0 Å². The molecule has 0 unspecified atom stereocenters. The molecule has 0 aliphatic carbocycles. The Hall–Kier alpha value is -2.08. The molecule has 0 bridgehead atoms. The first kappa shape index (κ1) is 12.0. The van der Waals surface area contributed by atoms with Gasteiger partial charge in [0.2, 0.25) is 0 Å². The molecule has 0 saturated carbocycles. The molecule has 19 heavy (non-hydrogen) atoms. The van der Waals surface area contributed by atoms with Crippen LogP contribution in [0.5, 0.6) is 0 Å². The number of hydrogen-bond donors (Lipinski definition) is 0. The topological polar surface area (TPSA) is 0 Å². The van der Waals surface area contributed by atoms with Crippen LogP contribution in [0.1, 0.15) is 18.9 Å². The highest BCUT2D eigenvalue weighted by atomic mass is 14.1. The molecule has 0 atom stereocenters. The maximum atomic E-state index is 2.32. The Labute approximate surface area is 114 Å². The minimum Gasteiger partial charge on any atom is -0.0648 e. The van der Waals surface area contributed by atoms with Gasteiger partial charge in [-0.1, -0.05) is 73.7 Å². The molecule has 0 aliphatic heterocycles. The van der Waals surface area contributed by atoms with Crippen LogP contribution in [-0.2, 0) is 0 Å². The fraction of sp³-hybridized carbons (Fsp3) is 0.105. The summed E-state index contributed by atoms with van der Waals surface area (Å²) in [7, 11) is 0. The van der Waals surface area contributed by atoms with Crippen molar-refractivity contribution in [1.29, 1.82) is 0 Å². The average molecular weight is 245 g/mol. The van der Waals surface area contributed by atoms with E-state index in [0.29, 0.717) is 0 Å². The van der Waals surface area contributed by atoms with Crippen LogP contribution < -0.4 is 0 Å². The van der Waals surface area contributed by atoms with Gasteiger partial charge in [0, 0.05) is 0 Å². The van der Waals surface area contributed by atoms with Crippen molar-refractivity contribution in [3.63, 3.8) is 0 Å². The van der Waals surface area contributed by atoms with Crippen molar-refractivity contribution in [3.8, 4) is 11.1 Å². The van der Waals surface area contributed by atoms with Gasteiger partial charge in [0.25, 0.3) is 0 Å². The van der Waals surface area contributed by atoms with Gasteiger partial charge in [-0.2, -0.15) is 0 Å². The van der Waals surface area contributed by atoms with Gasteiger partial charge in [-0.25, -0.2) is 0 Å². The summed E-state index contributed by atoms with van der Waals surface area (Å²) in [6, 6.07) is 23.7. The summed E-state index contributed by atoms with van der Waals surface area (Å²) in [6.07, 6.45) is 3.37. The summed E-state index contributed by atoms with van der Waals surface area (Å²) < 4.78 is 0. The Morgan fingerprint density at radius 3 is 2.32 bits per heavy atom. The highest BCUT2D eigenvalue weighted by molar-refractivity contribution is 5.93. The molecule has 93 valence electrons. The second-order valence-corrected chi connectivity index (χ2v) is 4.73. The van der Waals surface area contributed by atoms with Crippen molar-refractivity contribution in [2.24, 2.45) is 0 Å². The quantitative estimate of drug-likeness (QED) is 0.574. The van der Waals surface area contributed by atoms with Crippen LogP contribution in [0.2, 0.25) is 0 Å². The highest BCUT2D eigenvalue weighted by Crippen LogP contribution is 2.31. The smallest absolute Gasteiger partial charge is 0.00831 e. The van der Waals surface area contributed by atoms with Gasteiger partial charge < -0.3 is 0 Å². The summed E-state index contributed by atoms with van der Waals surface area (Å²) in [6.45, 7) is 2.19. The molecule has 0 aromatic heterocycles. The van der Waals surface area contributed by atoms with E-state index < -0.39 is 0 Å². The summed E-state index contributed by atoms with van der Waals surface area (Å²) >= 11 is 0. The lowest BCUT2D eigenvalue weighted by Gasteiger charge is -2.12. The van der Waals surface area contributed by atoms with Crippen LogP contribution in [0.4, 0.5) is 0 Å². The van der Waals surface area contributed by atoms with E-state index in [2.05, 4.69) is 80.1 Å². The molecular weight excluding hydrogens is 228 g/mol. The van der Waals surface area contributed by atoms with Crippen LogP contribution in [0.15, 0.2) is 66.7 Å². The first-order valence-corrected chi connectivity index (χ1v) is 6.80. The van der Waals surface area contributed by atoms with Crippen molar-refractivity contribution >= 4 is 10.8 Å². The molecule has 0 aliphatic rings. The summed E-state index contributed by atoms with van der Waals surface area (Å²) in [5.41, 5.74) is 3.96. The van der Waals surface area contributed by atoms with E-state index in [1.807, 2.05) is 0 Å². The molecule has 0 N–H and O–H groups in total. The largest absolute Gasteiger partial charge is 0.0648 e. The number of hydrogen-bond acceptors (Lipinski definition) is 0. The fourth-order valence-corrected chi connectivity index (χ4v) is 2.59. The summed E-state index contributed by atoms with van der Waals surface area (Å²) in [5.74, 6) is 0. The molecule has 0 fully saturated rings. The van der Waals surface area contributed by atoms with Gasteiger partial charge in [-0.3, -0.25) is 0 Å². The van der Waals surface area contributed by atoms with Crippen LogP contribution in [-0.4, -0.2) is 0 Å². The van der Waals surface area contributed by atoms with E-state index in [9.17, 15) is 0 Å². The fourth-order valence-electron chi connectivity index (χ4n) is 2.59. The zero-order chi connectivity index (χ0) is 13.1. The standard InChI is InChI=1S/C19H17/c1-2-8-19-17-12-7-6-11-16(17)13-14-18(19)15-9-4-3-5-10-15/h3-14H,2H2,1H3. The molecule has 3 aromatic rings. The molecule has 0 amide bonds. The van der Waals surface area contributed by atoms with Gasteiger partial charge in [-0.05, 0) is 40.3 Å². The Kier molecular flexibility index (Phi) is 3.33. The molecular formula is C19H17. The third kappa shape index (κ3) is 2.26. The third-order valence-corrected chi connectivity index (χ3v) is 3.46. The lowest BCUT2D eigenvalue weighted by Crippen LogP contribution is -1.90. The van der Waals surface area contributed by atoms with Gasteiger partial charge >= 0.3 is 0 Å². The minimum absolute atomic E-state index is 1.05. The van der Waals surface area contributed by atoms with Gasteiger partial charge in [0.05, 0.1) is 0 Å². The Morgan fingerprint density at radius 1 is 0.789 bits per heavy atom. The summed E-state index contributed by atoms with van der Waals surface area (Å²) in [5, 5.41) is 2.65. The van der Waals surface area contributed by atoms with E-state index in [1.54, 1.807) is 0 Å². The van der Waals surface area contributed by atoms with Gasteiger partial charge in [0.1, 0.15) is 0 Å². The minimum atomic E-state index is 1.05. The van der Waals surface area contributed by atoms with Crippen LogP contribution in [0, 0.1) is 6.42 Å². The predicted octanol–water partition coefficient (Wildman–Crippen LogP) is 5.47. The third-order valence-electron chi connectivity index (χ3n) is 3.46.